The van der Waals surface area contributed by atoms with Crippen molar-refractivity contribution in [2.24, 2.45) is 0 Å². The third-order valence-corrected chi connectivity index (χ3v) is 7.27. The van der Waals surface area contributed by atoms with Crippen LogP contribution in [0.4, 0.5) is 14.5 Å². The van der Waals surface area contributed by atoms with Gasteiger partial charge in [-0.2, -0.15) is 13.1 Å². The van der Waals surface area contributed by atoms with Gasteiger partial charge >= 0.3 is 6.61 Å². The summed E-state index contributed by atoms with van der Waals surface area (Å²) in [6.45, 7) is 0.837. The van der Waals surface area contributed by atoms with Gasteiger partial charge in [-0.15, -0.1) is 0 Å². The van der Waals surface area contributed by atoms with Crippen LogP contribution in [-0.4, -0.2) is 40.8 Å². The first-order valence-corrected chi connectivity index (χ1v) is 11.2. The van der Waals surface area contributed by atoms with Gasteiger partial charge in [0.25, 0.3) is 10.0 Å². The molecular weight excluding hydrogens is 414 g/mol. The van der Waals surface area contributed by atoms with E-state index in [0.717, 1.165) is 12.1 Å². The van der Waals surface area contributed by atoms with Gasteiger partial charge in [0.05, 0.1) is 15.5 Å². The van der Waals surface area contributed by atoms with E-state index >= 15 is 0 Å². The fourth-order valence-corrected chi connectivity index (χ4v) is 4.99. The van der Waals surface area contributed by atoms with Crippen molar-refractivity contribution in [2.45, 2.75) is 30.2 Å². The molecule has 0 spiro atoms. The third-order valence-electron chi connectivity index (χ3n) is 3.82. The molecule has 154 valence electrons. The highest BCUT2D eigenvalue weighted by Crippen LogP contribution is 2.28. The van der Waals surface area contributed by atoms with E-state index in [1.165, 1.54) is 40.7 Å². The number of rotatable bonds is 9. The second-order valence-electron chi connectivity index (χ2n) is 5.54. The minimum atomic E-state index is -4.15. The van der Waals surface area contributed by atoms with Crippen LogP contribution in [0.5, 0.6) is 5.75 Å². The summed E-state index contributed by atoms with van der Waals surface area (Å²) in [5.41, 5.74) is -0.164. The summed E-state index contributed by atoms with van der Waals surface area (Å²) in [6.07, 6.45) is 0. The second-order valence-corrected chi connectivity index (χ2v) is 9.16. The predicted molar refractivity (Wildman–Crippen MR) is 100 cm³/mol. The van der Waals surface area contributed by atoms with Crippen LogP contribution in [0.25, 0.3) is 0 Å². The number of benzene rings is 2. The van der Waals surface area contributed by atoms with Crippen molar-refractivity contribution in [2.75, 3.05) is 17.8 Å². The third kappa shape index (κ3) is 4.97. The molecule has 0 aliphatic heterocycles. The Kier molecular flexibility index (Phi) is 6.96. The number of anilines is 1. The van der Waals surface area contributed by atoms with Gasteiger partial charge in [-0.05, 0) is 36.4 Å². The Balaban J connectivity index is 2.31. The number of sulfonamides is 2. The van der Waals surface area contributed by atoms with Crippen LogP contribution < -0.4 is 9.46 Å². The molecule has 0 unspecified atom stereocenters. The lowest BCUT2D eigenvalue weighted by molar-refractivity contribution is -0.0493. The van der Waals surface area contributed by atoms with Crippen molar-refractivity contribution < 1.29 is 30.4 Å². The Labute approximate surface area is 163 Å². The van der Waals surface area contributed by atoms with E-state index in [4.69, 9.17) is 0 Å². The highest BCUT2D eigenvalue weighted by Gasteiger charge is 2.23. The van der Waals surface area contributed by atoms with E-state index in [1.54, 1.807) is 13.8 Å². The fraction of sp³-hybridized carbons (Fsp3) is 0.294. The minimum Gasteiger partial charge on any atom is -0.433 e. The normalized spacial score (nSPS) is 12.4. The summed E-state index contributed by atoms with van der Waals surface area (Å²) in [5.74, 6) is -0.332. The maximum Gasteiger partial charge on any atom is 0.387 e. The molecule has 2 aromatic rings. The smallest absolute Gasteiger partial charge is 0.387 e. The van der Waals surface area contributed by atoms with Crippen LogP contribution in [0.3, 0.4) is 0 Å². The molecule has 0 aromatic heterocycles. The molecule has 11 heteroatoms. The molecule has 2 rings (SSSR count). The lowest BCUT2D eigenvalue weighted by atomic mass is 10.3. The van der Waals surface area contributed by atoms with Gasteiger partial charge in [-0.25, -0.2) is 16.8 Å². The van der Waals surface area contributed by atoms with Crippen molar-refractivity contribution in [1.82, 2.24) is 4.31 Å². The number of para-hydroxylation sites is 2. The zero-order chi connectivity index (χ0) is 20.9. The monoisotopic (exact) mass is 434 g/mol. The Hall–Kier alpha value is -2.24. The van der Waals surface area contributed by atoms with Crippen LogP contribution in [0.15, 0.2) is 58.3 Å². The number of nitrogens with zero attached hydrogens (tertiary/aromatic N) is 1. The average Bonchev–Trinajstić information content (AvgIpc) is 2.63. The molecule has 0 heterocycles. The van der Waals surface area contributed by atoms with Gasteiger partial charge in [0.15, 0.2) is 0 Å². The SMILES string of the molecule is CCN(CC)S(=O)(=O)c1ccc(S(=O)(=O)Nc2ccccc2OC(F)F)cc1. The molecule has 0 radical (unpaired) electrons. The van der Waals surface area contributed by atoms with Crippen LogP contribution in [0.1, 0.15) is 13.8 Å². The lowest BCUT2D eigenvalue weighted by Gasteiger charge is -2.18. The molecule has 0 amide bonds. The Morgan fingerprint density at radius 1 is 0.929 bits per heavy atom. The van der Waals surface area contributed by atoms with Crippen molar-refractivity contribution in [3.8, 4) is 5.75 Å². The Bertz CT molecular complexity index is 1010. The molecule has 0 aliphatic rings. The van der Waals surface area contributed by atoms with Crippen LogP contribution in [-0.2, 0) is 20.0 Å². The van der Waals surface area contributed by atoms with Gasteiger partial charge in [0.1, 0.15) is 5.75 Å². The molecule has 0 aliphatic carbocycles. The highest BCUT2D eigenvalue weighted by molar-refractivity contribution is 7.92. The van der Waals surface area contributed by atoms with Gasteiger partial charge in [0.2, 0.25) is 10.0 Å². The van der Waals surface area contributed by atoms with Crippen molar-refractivity contribution in [1.29, 1.82) is 0 Å². The minimum absolute atomic E-state index is 0.0448. The molecule has 28 heavy (non-hydrogen) atoms. The maximum atomic E-state index is 12.5. The number of halogens is 2. The molecule has 0 fully saturated rings. The molecule has 2 aromatic carbocycles. The van der Waals surface area contributed by atoms with Crippen LogP contribution >= 0.6 is 0 Å². The van der Waals surface area contributed by atoms with E-state index in [1.807, 2.05) is 0 Å². The number of ether oxygens (including phenoxy) is 1. The van der Waals surface area contributed by atoms with Crippen molar-refractivity contribution in [3.63, 3.8) is 0 Å². The van der Waals surface area contributed by atoms with Gasteiger partial charge in [0, 0.05) is 13.1 Å². The van der Waals surface area contributed by atoms with Gasteiger partial charge < -0.3 is 4.74 Å². The largest absolute Gasteiger partial charge is 0.433 e. The predicted octanol–water partition coefficient (Wildman–Crippen LogP) is 3.12. The Morgan fingerprint density at radius 3 is 2.00 bits per heavy atom. The summed E-state index contributed by atoms with van der Waals surface area (Å²) in [7, 11) is -7.88. The van der Waals surface area contributed by atoms with Crippen molar-refractivity contribution in [3.05, 3.63) is 48.5 Å². The number of alkyl halides is 2. The maximum absolute atomic E-state index is 12.5. The van der Waals surface area contributed by atoms with E-state index in [9.17, 15) is 25.6 Å². The zero-order valence-electron chi connectivity index (χ0n) is 15.2. The molecule has 0 bridgehead atoms. The topological polar surface area (TPSA) is 92.8 Å². The van der Waals surface area contributed by atoms with Crippen LogP contribution in [0.2, 0.25) is 0 Å². The quantitative estimate of drug-likeness (QED) is 0.655. The molecular formula is C17H20F2N2O5S2. The van der Waals surface area contributed by atoms with Gasteiger partial charge in [-0.3, -0.25) is 4.72 Å². The fourth-order valence-electron chi connectivity index (χ4n) is 2.46. The van der Waals surface area contributed by atoms with E-state index < -0.39 is 26.7 Å². The molecule has 0 saturated carbocycles. The summed E-state index contributed by atoms with van der Waals surface area (Å²) in [6, 6.07) is 9.98. The summed E-state index contributed by atoms with van der Waals surface area (Å²) < 4.78 is 82.7. The first kappa shape index (κ1) is 22.1. The first-order chi connectivity index (χ1) is 13.1. The lowest BCUT2D eigenvalue weighted by Crippen LogP contribution is -2.30. The van der Waals surface area contributed by atoms with Gasteiger partial charge in [-0.1, -0.05) is 26.0 Å². The standard InChI is InChI=1S/C17H20F2N2O5S2/c1-3-21(4-2)28(24,25)14-11-9-13(10-12-14)27(22,23)20-15-7-5-6-8-16(15)26-17(18)19/h5-12,17,20H,3-4H2,1-2H3. The summed E-state index contributed by atoms with van der Waals surface area (Å²) in [4.78, 5) is -0.269. The van der Waals surface area contributed by atoms with Crippen molar-refractivity contribution >= 4 is 25.7 Å². The number of hydrogen-bond acceptors (Lipinski definition) is 5. The summed E-state index contributed by atoms with van der Waals surface area (Å²) in [5, 5.41) is 0. The van der Waals surface area contributed by atoms with E-state index in [-0.39, 0.29) is 34.3 Å². The molecule has 0 atom stereocenters. The summed E-state index contributed by atoms with van der Waals surface area (Å²) >= 11 is 0. The first-order valence-electron chi connectivity index (χ1n) is 8.28. The highest BCUT2D eigenvalue weighted by atomic mass is 32.2. The van der Waals surface area contributed by atoms with Crippen LogP contribution in [0, 0.1) is 0 Å². The number of hydrogen-bond donors (Lipinski definition) is 1. The molecule has 1 N–H and O–H groups in total. The zero-order valence-corrected chi connectivity index (χ0v) is 16.8. The molecule has 7 nitrogen and oxygen atoms in total. The van der Waals surface area contributed by atoms with E-state index in [2.05, 4.69) is 9.46 Å². The molecule has 0 saturated heterocycles. The Morgan fingerprint density at radius 2 is 1.46 bits per heavy atom. The van der Waals surface area contributed by atoms with E-state index in [0.29, 0.717) is 0 Å². The second kappa shape index (κ2) is 8.84. The average molecular weight is 434 g/mol. The number of nitrogens with one attached hydrogen (secondary N) is 1.